The topological polar surface area (TPSA) is 81.9 Å². The summed E-state index contributed by atoms with van der Waals surface area (Å²) in [5.41, 5.74) is 6.26. The van der Waals surface area contributed by atoms with Gasteiger partial charge in [0.15, 0.2) is 0 Å². The first-order valence-corrected chi connectivity index (χ1v) is 8.46. The summed E-state index contributed by atoms with van der Waals surface area (Å²) < 4.78 is 10.3. The molecule has 0 radical (unpaired) electrons. The fourth-order valence-electron chi connectivity index (χ4n) is 1.95. The molecule has 0 aliphatic heterocycles. The van der Waals surface area contributed by atoms with Gasteiger partial charge in [0.25, 0.3) is 0 Å². The molecule has 0 atom stereocenters. The van der Waals surface area contributed by atoms with Gasteiger partial charge in [-0.1, -0.05) is 26.0 Å². The van der Waals surface area contributed by atoms with E-state index in [0.29, 0.717) is 37.4 Å². The van der Waals surface area contributed by atoms with Gasteiger partial charge in [-0.2, -0.15) is 0 Å². The standard InChI is InChI=1S/C18H32N2O4/c1-15(2)17(21)23-13-11-20(10-8-6-5-7-9-19)12-14-24-18(22)16(3)4/h1,3,5-14,19H2,2,4H3. The van der Waals surface area contributed by atoms with Gasteiger partial charge in [0.1, 0.15) is 13.2 Å². The minimum atomic E-state index is -0.383. The first-order valence-electron chi connectivity index (χ1n) is 8.46. The first kappa shape index (κ1) is 22.3. The highest BCUT2D eigenvalue weighted by Gasteiger charge is 2.09. The van der Waals surface area contributed by atoms with E-state index < -0.39 is 0 Å². The van der Waals surface area contributed by atoms with Gasteiger partial charge in [-0.15, -0.1) is 0 Å². The Hall–Kier alpha value is -1.66. The molecule has 0 saturated carbocycles. The van der Waals surface area contributed by atoms with Gasteiger partial charge in [-0.05, 0) is 39.8 Å². The summed E-state index contributed by atoms with van der Waals surface area (Å²) >= 11 is 0. The molecule has 0 rings (SSSR count). The molecule has 2 N–H and O–H groups in total. The number of carbonyl (C=O) groups excluding carboxylic acids is 2. The quantitative estimate of drug-likeness (QED) is 0.296. The Labute approximate surface area is 145 Å². The molecule has 0 aliphatic carbocycles. The van der Waals surface area contributed by atoms with Crippen molar-refractivity contribution in [3.8, 4) is 0 Å². The van der Waals surface area contributed by atoms with Crippen molar-refractivity contribution in [2.24, 2.45) is 5.73 Å². The van der Waals surface area contributed by atoms with Crippen LogP contribution in [-0.4, -0.2) is 56.2 Å². The highest BCUT2D eigenvalue weighted by molar-refractivity contribution is 5.87. The lowest BCUT2D eigenvalue weighted by Gasteiger charge is -2.22. The van der Waals surface area contributed by atoms with E-state index in [0.717, 1.165) is 38.8 Å². The van der Waals surface area contributed by atoms with Gasteiger partial charge in [0, 0.05) is 24.2 Å². The van der Waals surface area contributed by atoms with Crippen LogP contribution in [0.15, 0.2) is 24.3 Å². The Morgan fingerprint density at radius 3 is 1.71 bits per heavy atom. The molecular weight excluding hydrogens is 308 g/mol. The number of esters is 2. The van der Waals surface area contributed by atoms with Crippen LogP contribution in [0.2, 0.25) is 0 Å². The van der Waals surface area contributed by atoms with Crippen LogP contribution in [0.5, 0.6) is 0 Å². The van der Waals surface area contributed by atoms with E-state index in [2.05, 4.69) is 18.1 Å². The maximum absolute atomic E-state index is 11.4. The molecule has 0 bridgehead atoms. The van der Waals surface area contributed by atoms with Crippen molar-refractivity contribution in [3.63, 3.8) is 0 Å². The van der Waals surface area contributed by atoms with Gasteiger partial charge < -0.3 is 15.2 Å². The van der Waals surface area contributed by atoms with Gasteiger partial charge in [0.2, 0.25) is 0 Å². The zero-order valence-electron chi connectivity index (χ0n) is 15.1. The number of carbonyl (C=O) groups is 2. The summed E-state index contributed by atoms with van der Waals surface area (Å²) in [7, 11) is 0. The zero-order valence-corrected chi connectivity index (χ0v) is 15.1. The second kappa shape index (κ2) is 13.7. The molecule has 6 nitrogen and oxygen atoms in total. The highest BCUT2D eigenvalue weighted by atomic mass is 16.5. The molecule has 0 saturated heterocycles. The fourth-order valence-corrected chi connectivity index (χ4v) is 1.95. The summed E-state index contributed by atoms with van der Waals surface area (Å²) in [6.45, 7) is 13.7. The molecular formula is C18H32N2O4. The minimum Gasteiger partial charge on any atom is -0.461 e. The molecule has 0 amide bonds. The number of ether oxygens (including phenoxy) is 2. The fraction of sp³-hybridized carbons (Fsp3) is 0.667. The van der Waals surface area contributed by atoms with Crippen LogP contribution in [0.3, 0.4) is 0 Å². The molecule has 138 valence electrons. The largest absolute Gasteiger partial charge is 0.461 e. The van der Waals surface area contributed by atoms with E-state index in [-0.39, 0.29) is 11.9 Å². The van der Waals surface area contributed by atoms with E-state index in [1.807, 2.05) is 0 Å². The van der Waals surface area contributed by atoms with Crippen molar-refractivity contribution in [1.82, 2.24) is 4.90 Å². The number of hydrogen-bond donors (Lipinski definition) is 1. The third kappa shape index (κ3) is 11.8. The van der Waals surface area contributed by atoms with Crippen LogP contribution in [0.1, 0.15) is 39.5 Å². The van der Waals surface area contributed by atoms with Gasteiger partial charge in [-0.25, -0.2) is 9.59 Å². The van der Waals surface area contributed by atoms with E-state index in [1.54, 1.807) is 13.8 Å². The predicted octanol–water partition coefficient (Wildman–Crippen LogP) is 2.05. The molecule has 0 aromatic heterocycles. The third-order valence-electron chi connectivity index (χ3n) is 3.41. The Kier molecular flexibility index (Phi) is 12.8. The van der Waals surface area contributed by atoms with Crippen molar-refractivity contribution >= 4 is 11.9 Å². The summed E-state index contributed by atoms with van der Waals surface area (Å²) in [5.74, 6) is -0.766. The second-order valence-electron chi connectivity index (χ2n) is 5.88. The van der Waals surface area contributed by atoms with E-state index in [4.69, 9.17) is 15.2 Å². The average molecular weight is 340 g/mol. The van der Waals surface area contributed by atoms with Crippen molar-refractivity contribution < 1.29 is 19.1 Å². The number of nitrogens with zero attached hydrogens (tertiary/aromatic N) is 1. The van der Waals surface area contributed by atoms with Gasteiger partial charge >= 0.3 is 11.9 Å². The number of hydrogen-bond acceptors (Lipinski definition) is 6. The van der Waals surface area contributed by atoms with Crippen LogP contribution in [0.25, 0.3) is 0 Å². The zero-order chi connectivity index (χ0) is 18.4. The van der Waals surface area contributed by atoms with Crippen molar-refractivity contribution in [2.75, 3.05) is 39.4 Å². The number of rotatable bonds is 14. The van der Waals surface area contributed by atoms with E-state index >= 15 is 0 Å². The third-order valence-corrected chi connectivity index (χ3v) is 3.41. The normalized spacial score (nSPS) is 10.5. The smallest absolute Gasteiger partial charge is 0.333 e. The molecule has 0 aromatic rings. The lowest BCUT2D eigenvalue weighted by atomic mass is 10.2. The average Bonchev–Trinajstić information content (AvgIpc) is 2.53. The SMILES string of the molecule is C=C(C)C(=O)OCCN(CCCCCCN)CCOC(=O)C(=C)C. The Bertz CT molecular complexity index is 389. The van der Waals surface area contributed by atoms with Crippen LogP contribution in [0.4, 0.5) is 0 Å². The van der Waals surface area contributed by atoms with E-state index in [1.165, 1.54) is 0 Å². The summed E-state index contributed by atoms with van der Waals surface area (Å²) in [6.07, 6.45) is 4.28. The number of unbranched alkanes of at least 4 members (excludes halogenated alkanes) is 3. The van der Waals surface area contributed by atoms with Crippen LogP contribution < -0.4 is 5.73 Å². The highest BCUT2D eigenvalue weighted by Crippen LogP contribution is 2.02. The second-order valence-corrected chi connectivity index (χ2v) is 5.88. The van der Waals surface area contributed by atoms with Gasteiger partial charge in [-0.3, -0.25) is 4.90 Å². The van der Waals surface area contributed by atoms with Crippen LogP contribution >= 0.6 is 0 Å². The Balaban J connectivity index is 4.17. The monoisotopic (exact) mass is 340 g/mol. The Morgan fingerprint density at radius 2 is 1.29 bits per heavy atom. The maximum Gasteiger partial charge on any atom is 0.333 e. The molecule has 0 aromatic carbocycles. The molecule has 0 fully saturated rings. The van der Waals surface area contributed by atoms with Crippen molar-refractivity contribution in [3.05, 3.63) is 24.3 Å². The van der Waals surface area contributed by atoms with Crippen molar-refractivity contribution in [2.45, 2.75) is 39.5 Å². The molecule has 0 unspecified atom stereocenters. The first-order chi connectivity index (χ1) is 11.4. The lowest BCUT2D eigenvalue weighted by molar-refractivity contribution is -0.139. The van der Waals surface area contributed by atoms with E-state index in [9.17, 15) is 9.59 Å². The summed E-state index contributed by atoms with van der Waals surface area (Å²) in [6, 6.07) is 0. The van der Waals surface area contributed by atoms with Crippen molar-refractivity contribution in [1.29, 1.82) is 0 Å². The summed E-state index contributed by atoms with van der Waals surface area (Å²) in [4.78, 5) is 24.9. The van der Waals surface area contributed by atoms with Crippen LogP contribution in [-0.2, 0) is 19.1 Å². The molecule has 0 spiro atoms. The molecule has 0 aliphatic rings. The molecule has 24 heavy (non-hydrogen) atoms. The predicted molar refractivity (Wildman–Crippen MR) is 95.5 cm³/mol. The lowest BCUT2D eigenvalue weighted by Crippen LogP contribution is -2.33. The Morgan fingerprint density at radius 1 is 0.833 bits per heavy atom. The number of nitrogens with two attached hydrogens (primary N) is 1. The van der Waals surface area contributed by atoms with Crippen LogP contribution in [0, 0.1) is 0 Å². The van der Waals surface area contributed by atoms with Gasteiger partial charge in [0.05, 0.1) is 0 Å². The molecule has 6 heteroatoms. The molecule has 0 heterocycles. The summed E-state index contributed by atoms with van der Waals surface area (Å²) in [5, 5.41) is 0. The maximum atomic E-state index is 11.4. The minimum absolute atomic E-state index is 0.295.